The summed E-state index contributed by atoms with van der Waals surface area (Å²) in [4.78, 5) is 82.2. The quantitative estimate of drug-likeness (QED) is 0.0426. The van der Waals surface area contributed by atoms with Crippen LogP contribution in [0.25, 0.3) is 0 Å². The van der Waals surface area contributed by atoms with E-state index in [1.54, 1.807) is 109 Å². The van der Waals surface area contributed by atoms with E-state index in [4.69, 9.17) is 75.8 Å². The van der Waals surface area contributed by atoms with E-state index in [0.717, 1.165) is 5.56 Å². The zero-order chi connectivity index (χ0) is 90.4. The molecule has 0 amide bonds. The highest BCUT2D eigenvalue weighted by molar-refractivity contribution is 5.99. The van der Waals surface area contributed by atoms with Crippen LogP contribution in [0.1, 0.15) is 113 Å². The summed E-state index contributed by atoms with van der Waals surface area (Å²) in [5.74, 6) is -15.4. The van der Waals surface area contributed by atoms with Gasteiger partial charge in [-0.3, -0.25) is 4.98 Å². The Bertz CT molecular complexity index is 7170. The van der Waals surface area contributed by atoms with Gasteiger partial charge in [-0.15, -0.1) is 0 Å². The Kier molecular flexibility index (Phi) is 20.6. The molecule has 22 nitrogen and oxygen atoms in total. The molecular formula is C112H71NO21. The summed E-state index contributed by atoms with van der Waals surface area (Å²) < 4.78 is 109. The van der Waals surface area contributed by atoms with Crippen LogP contribution in [-0.4, -0.2) is 34.8 Å². The number of rotatable bonds is 23. The summed E-state index contributed by atoms with van der Waals surface area (Å²) in [6.45, 7) is 0.0493. The van der Waals surface area contributed by atoms with E-state index < -0.39 is 58.8 Å². The second-order valence-corrected chi connectivity index (χ2v) is 31.7. The number of pyridine rings is 1. The third-order valence-electron chi connectivity index (χ3n) is 23.2. The maximum absolute atomic E-state index is 16.1. The molecule has 6 heterocycles. The molecule has 22 rings (SSSR count). The molecule has 650 valence electrons. The number of carbonyl (C=O) groups excluding carboxylic acids is 5. The first-order valence-electron chi connectivity index (χ1n) is 42.8. The fourth-order valence-electron chi connectivity index (χ4n) is 16.9. The second-order valence-electron chi connectivity index (χ2n) is 31.7. The van der Waals surface area contributed by atoms with Gasteiger partial charge in [-0.05, 0) is 78.4 Å². The number of esters is 5. The average molecular weight is 1770 g/mol. The van der Waals surface area contributed by atoms with Crippen molar-refractivity contribution in [2.45, 2.75) is 35.5 Å². The number of nitrogens with zero attached hydrogens (tertiary/aromatic N) is 1. The smallest absolute Gasteiger partial charge is 0.343 e. The first kappa shape index (κ1) is 81.6. The Morgan fingerprint density at radius 2 is 0.418 bits per heavy atom. The third kappa shape index (κ3) is 14.8. The minimum atomic E-state index is -1.83. The van der Waals surface area contributed by atoms with Gasteiger partial charge in [0.15, 0.2) is 57.5 Å². The molecule has 0 spiro atoms. The van der Waals surface area contributed by atoms with Crippen LogP contribution in [0.15, 0.2) is 419 Å². The van der Waals surface area contributed by atoms with Gasteiger partial charge >= 0.3 is 58.8 Å². The van der Waals surface area contributed by atoms with E-state index in [1.807, 2.05) is 237 Å². The van der Waals surface area contributed by atoms with E-state index in [2.05, 4.69) is 4.98 Å². The van der Waals surface area contributed by atoms with Crippen molar-refractivity contribution in [3.8, 4) is 92.0 Å². The molecule has 0 bridgehead atoms. The highest BCUT2D eigenvalue weighted by Gasteiger charge is 2.54. The molecule has 0 aliphatic carbocycles. The number of benzene rings is 16. The third-order valence-corrected chi connectivity index (χ3v) is 23.2. The maximum atomic E-state index is 16.1. The van der Waals surface area contributed by atoms with Gasteiger partial charge in [0.05, 0.1) is 34.0 Å². The highest BCUT2D eigenvalue weighted by Crippen LogP contribution is 2.60. The molecule has 16 aromatic carbocycles. The number of aromatic nitrogens is 1. The Balaban J connectivity index is 0.660. The molecule has 0 saturated heterocycles. The largest absolute Gasteiger partial charge is 0.485 e. The zero-order valence-electron chi connectivity index (χ0n) is 70.6. The van der Waals surface area contributed by atoms with Crippen molar-refractivity contribution in [1.82, 2.24) is 4.98 Å². The fourth-order valence-corrected chi connectivity index (χ4v) is 16.9. The standard InChI is InChI=1S/C112H71NO21/c114-103(120-87-57-34-58-113-69-87)73-60-89(99-94(65-73)126-109(131-99,79-41-18-4-19-42-79)80-43-20-5-21-44-80)122-105(116)75-62-91(101-96(67-75)128-111(133-101,83-49-26-8-27-50-83)84-51-28-9-29-52-84)124-107(118)76-63-92(102-97(68-76)129-112(134-102,85-53-30-10-31-54-85)86-55-32-11-33-56-86)123-106(117)74-61-90(100-95(66-74)127-110(132-100,81-45-22-6-23-46-81)82-47-24-7-25-48-82)121-104(115)72-59-88(119-70-71-35-12-1-13-36-71)98-93(64-72)125-108(130-98,77-37-14-2-15-38-77)78-39-16-3-17-40-78/h1-69H,70H2. The van der Waals surface area contributed by atoms with Gasteiger partial charge in [-0.1, -0.05) is 334 Å². The fraction of sp³-hybridized carbons (Fsp3) is 0.0536. The predicted molar refractivity (Wildman–Crippen MR) is 487 cm³/mol. The lowest BCUT2D eigenvalue weighted by atomic mass is 9.97. The van der Waals surface area contributed by atoms with E-state index in [9.17, 15) is 4.79 Å². The van der Waals surface area contributed by atoms with Crippen molar-refractivity contribution in [3.63, 3.8) is 0 Å². The van der Waals surface area contributed by atoms with Crippen molar-refractivity contribution < 1.29 is 99.8 Å². The van der Waals surface area contributed by atoms with E-state index in [0.29, 0.717) is 55.6 Å². The molecule has 5 aliphatic heterocycles. The van der Waals surface area contributed by atoms with Gasteiger partial charge in [0.1, 0.15) is 12.4 Å². The molecule has 0 N–H and O–H groups in total. The number of ether oxygens (including phenoxy) is 16. The molecule has 0 unspecified atom stereocenters. The number of hydrogen-bond acceptors (Lipinski definition) is 22. The summed E-state index contributed by atoms with van der Waals surface area (Å²) in [5.41, 5.74) is 5.13. The monoisotopic (exact) mass is 1770 g/mol. The van der Waals surface area contributed by atoms with Crippen molar-refractivity contribution in [2.75, 3.05) is 0 Å². The lowest BCUT2D eigenvalue weighted by molar-refractivity contribution is -0.0471. The normalized spacial score (nSPS) is 14.4. The molecule has 22 heteroatoms. The van der Waals surface area contributed by atoms with E-state index in [1.165, 1.54) is 73.1 Å². The topological polar surface area (TPSA) is 246 Å². The van der Waals surface area contributed by atoms with Crippen LogP contribution in [0.5, 0.6) is 92.0 Å². The van der Waals surface area contributed by atoms with Crippen molar-refractivity contribution >= 4 is 29.8 Å². The Morgan fingerprint density at radius 1 is 0.216 bits per heavy atom. The number of fused-ring (bicyclic) bond motifs is 5. The molecule has 0 saturated carbocycles. The van der Waals surface area contributed by atoms with Gasteiger partial charge in [0.2, 0.25) is 28.7 Å². The van der Waals surface area contributed by atoms with Crippen LogP contribution in [0.2, 0.25) is 0 Å². The minimum absolute atomic E-state index is 0.000155. The summed E-state index contributed by atoms with van der Waals surface area (Å²) >= 11 is 0. The molecule has 134 heavy (non-hydrogen) atoms. The number of carbonyl (C=O) groups is 5. The van der Waals surface area contributed by atoms with Gasteiger partial charge in [0, 0.05) is 61.8 Å². The summed E-state index contributed by atoms with van der Waals surface area (Å²) in [6.07, 6.45) is 2.89. The van der Waals surface area contributed by atoms with Crippen molar-refractivity contribution in [2.24, 2.45) is 0 Å². The molecule has 0 fully saturated rings. The lowest BCUT2D eigenvalue weighted by Crippen LogP contribution is -2.36. The van der Waals surface area contributed by atoms with Gasteiger partial charge in [-0.2, -0.15) is 0 Å². The van der Waals surface area contributed by atoms with Crippen molar-refractivity contribution in [3.05, 3.63) is 508 Å². The Labute approximate surface area is 765 Å². The van der Waals surface area contributed by atoms with Crippen LogP contribution in [0.4, 0.5) is 0 Å². The maximum Gasteiger partial charge on any atom is 0.343 e. The van der Waals surface area contributed by atoms with Gasteiger partial charge in [-0.25, -0.2) is 24.0 Å². The molecular weight excluding hydrogens is 1700 g/mol. The van der Waals surface area contributed by atoms with E-state index >= 15 is 19.2 Å². The highest BCUT2D eigenvalue weighted by atomic mass is 16.8. The van der Waals surface area contributed by atoms with Gasteiger partial charge < -0.3 is 75.8 Å². The number of hydrogen-bond donors (Lipinski definition) is 0. The van der Waals surface area contributed by atoms with Crippen LogP contribution < -0.4 is 75.8 Å². The minimum Gasteiger partial charge on any atom is -0.485 e. The van der Waals surface area contributed by atoms with Crippen LogP contribution >= 0.6 is 0 Å². The first-order valence-corrected chi connectivity index (χ1v) is 42.8. The van der Waals surface area contributed by atoms with Crippen LogP contribution in [0, 0.1) is 0 Å². The summed E-state index contributed by atoms with van der Waals surface area (Å²) in [6, 6.07) is 117. The van der Waals surface area contributed by atoms with E-state index in [-0.39, 0.29) is 126 Å². The molecule has 17 aromatic rings. The second kappa shape index (κ2) is 33.8. The molecule has 5 aliphatic rings. The zero-order valence-corrected chi connectivity index (χ0v) is 70.6. The van der Waals surface area contributed by atoms with Gasteiger partial charge in [0.25, 0.3) is 0 Å². The summed E-state index contributed by atoms with van der Waals surface area (Å²) in [5, 5.41) is 0. The lowest BCUT2D eigenvalue weighted by Gasteiger charge is -2.28. The average Bonchev–Trinajstić information content (AvgIpc) is 1.61. The summed E-state index contributed by atoms with van der Waals surface area (Å²) in [7, 11) is 0. The SMILES string of the molecule is O=C(Oc1cccnc1)c1cc(OC(=O)c2cc(OC(=O)c3cc(OC(=O)c4cc(OC(=O)c5cc(OCc6ccccc6)c6c(c5)OC(c5ccccc5)(c5ccccc5)O6)c5c(c4)OC(c4ccccc4)(c4ccccc4)O5)c4c(c3)OC(c3ccccc3)(c3ccccc3)O4)c3c(c2)OC(c2ccccc2)(c2ccccc2)O3)c2c(c1)OC(c1ccccc1)(c1ccccc1)O2. The first-order chi connectivity index (χ1) is 65.8. The van der Waals surface area contributed by atoms with Crippen molar-refractivity contribution in [1.29, 1.82) is 0 Å². The Morgan fingerprint density at radius 3 is 0.634 bits per heavy atom. The predicted octanol–water partition coefficient (Wildman–Crippen LogP) is 22.1. The molecule has 0 radical (unpaired) electrons. The Hall–Kier alpha value is -18.2. The molecule has 1 aromatic heterocycles. The van der Waals surface area contributed by atoms with Crippen LogP contribution in [0.3, 0.4) is 0 Å². The van der Waals surface area contributed by atoms with Crippen LogP contribution in [-0.2, 0) is 35.5 Å². The molecule has 0 atom stereocenters.